The van der Waals surface area contributed by atoms with Gasteiger partial charge < -0.3 is 15.0 Å². The average molecular weight is 465 g/mol. The lowest BCUT2D eigenvalue weighted by Gasteiger charge is -2.30. The Bertz CT molecular complexity index is 1240. The molecule has 1 aromatic heterocycles. The minimum absolute atomic E-state index is 0.0416. The molecule has 1 saturated heterocycles. The lowest BCUT2D eigenvalue weighted by Crippen LogP contribution is -2.44. The average Bonchev–Trinajstić information content (AvgIpc) is 2.73. The molecular formula is C20H24N4O7S. The van der Waals surface area contributed by atoms with Gasteiger partial charge in [0.25, 0.3) is 5.56 Å². The summed E-state index contributed by atoms with van der Waals surface area (Å²) in [4.78, 5) is 51.6. The third-order valence-electron chi connectivity index (χ3n) is 5.14. The number of sulfonamides is 1. The molecule has 1 aromatic carbocycles. The van der Waals surface area contributed by atoms with E-state index in [-0.39, 0.29) is 44.1 Å². The number of amides is 1. The summed E-state index contributed by atoms with van der Waals surface area (Å²) in [6, 6.07) is 6.37. The molecule has 1 fully saturated rings. The molecule has 1 aliphatic heterocycles. The molecule has 0 atom stereocenters. The van der Waals surface area contributed by atoms with Crippen LogP contribution in [0.15, 0.2) is 38.8 Å². The van der Waals surface area contributed by atoms with Crippen LogP contribution in [0.1, 0.15) is 35.8 Å². The Balaban J connectivity index is 1.67. The summed E-state index contributed by atoms with van der Waals surface area (Å²) < 4.78 is 31.9. The molecule has 11 nitrogen and oxygen atoms in total. The van der Waals surface area contributed by atoms with Gasteiger partial charge in [-0.25, -0.2) is 18.0 Å². The molecule has 0 radical (unpaired) electrons. The van der Waals surface area contributed by atoms with E-state index in [1.807, 2.05) is 4.98 Å². The first kappa shape index (κ1) is 23.4. The van der Waals surface area contributed by atoms with Crippen molar-refractivity contribution < 1.29 is 22.7 Å². The quantitative estimate of drug-likeness (QED) is 0.528. The summed E-state index contributed by atoms with van der Waals surface area (Å²) in [5.41, 5.74) is -1.06. The molecule has 1 amide bonds. The second kappa shape index (κ2) is 9.49. The van der Waals surface area contributed by atoms with Gasteiger partial charge in [-0.05, 0) is 44.9 Å². The molecule has 0 bridgehead atoms. The number of hydrogen-bond donors (Lipinski definition) is 3. The molecule has 2 aromatic rings. The number of carbonyl (C=O) groups is 2. The van der Waals surface area contributed by atoms with E-state index >= 15 is 0 Å². The molecule has 0 aliphatic carbocycles. The van der Waals surface area contributed by atoms with Gasteiger partial charge in [0.15, 0.2) is 4.90 Å². The first-order valence-electron chi connectivity index (χ1n) is 10.0. The van der Waals surface area contributed by atoms with Crippen LogP contribution in [0.3, 0.4) is 0 Å². The van der Waals surface area contributed by atoms with E-state index in [4.69, 9.17) is 4.74 Å². The highest BCUT2D eigenvalue weighted by Crippen LogP contribution is 2.24. The predicted molar refractivity (Wildman–Crippen MR) is 115 cm³/mol. The zero-order valence-corrected chi connectivity index (χ0v) is 18.5. The van der Waals surface area contributed by atoms with Gasteiger partial charge in [-0.2, -0.15) is 4.31 Å². The predicted octanol–water partition coefficient (Wildman–Crippen LogP) is 0.588. The zero-order valence-electron chi connectivity index (χ0n) is 17.6. The van der Waals surface area contributed by atoms with E-state index in [1.165, 1.54) is 13.0 Å². The Morgan fingerprint density at radius 3 is 2.50 bits per heavy atom. The molecule has 12 heteroatoms. The van der Waals surface area contributed by atoms with E-state index in [0.717, 1.165) is 4.31 Å². The fraction of sp³-hybridized carbons (Fsp3) is 0.400. The number of aromatic nitrogens is 2. The summed E-state index contributed by atoms with van der Waals surface area (Å²) >= 11 is 0. The molecular weight excluding hydrogens is 440 g/mol. The van der Waals surface area contributed by atoms with Gasteiger partial charge in [0.05, 0.1) is 12.2 Å². The Labute approximate surface area is 183 Å². The van der Waals surface area contributed by atoms with Gasteiger partial charge in [0.1, 0.15) is 0 Å². The van der Waals surface area contributed by atoms with Crippen molar-refractivity contribution in [3.05, 3.63) is 56.4 Å². The number of nitrogens with zero attached hydrogens (tertiary/aromatic N) is 1. The fourth-order valence-electron chi connectivity index (χ4n) is 3.57. The Hall–Kier alpha value is -3.25. The largest absolute Gasteiger partial charge is 0.462 e. The molecule has 0 unspecified atom stereocenters. The van der Waals surface area contributed by atoms with Gasteiger partial charge in [-0.1, -0.05) is 6.07 Å². The van der Waals surface area contributed by atoms with E-state index in [9.17, 15) is 27.6 Å². The van der Waals surface area contributed by atoms with Crippen molar-refractivity contribution in [1.29, 1.82) is 0 Å². The highest BCUT2D eigenvalue weighted by atomic mass is 32.2. The summed E-state index contributed by atoms with van der Waals surface area (Å²) in [5.74, 6) is -1.22. The van der Waals surface area contributed by atoms with Crippen LogP contribution in [0.5, 0.6) is 0 Å². The van der Waals surface area contributed by atoms with Crippen LogP contribution < -0.4 is 16.6 Å². The van der Waals surface area contributed by atoms with E-state index < -0.39 is 38.1 Å². The number of carbonyl (C=O) groups excluding carboxylic acids is 2. The van der Waals surface area contributed by atoms with Crippen LogP contribution in [0.25, 0.3) is 0 Å². The second-order valence-electron chi connectivity index (χ2n) is 7.33. The number of anilines is 1. The minimum atomic E-state index is -4.13. The Morgan fingerprint density at radius 1 is 1.19 bits per heavy atom. The first-order chi connectivity index (χ1) is 15.1. The number of hydrogen-bond acceptors (Lipinski definition) is 7. The van der Waals surface area contributed by atoms with Crippen LogP contribution >= 0.6 is 0 Å². The van der Waals surface area contributed by atoms with Gasteiger partial charge in [-0.15, -0.1) is 0 Å². The molecule has 2 heterocycles. The molecule has 32 heavy (non-hydrogen) atoms. The van der Waals surface area contributed by atoms with Crippen LogP contribution in [0.4, 0.5) is 5.69 Å². The zero-order chi connectivity index (χ0) is 23.5. The van der Waals surface area contributed by atoms with Crippen LogP contribution in [-0.4, -0.2) is 54.3 Å². The molecule has 172 valence electrons. The molecule has 3 N–H and O–H groups in total. The van der Waals surface area contributed by atoms with Crippen molar-refractivity contribution in [2.75, 3.05) is 25.0 Å². The van der Waals surface area contributed by atoms with Gasteiger partial charge in [-0.3, -0.25) is 14.6 Å². The van der Waals surface area contributed by atoms with Gasteiger partial charge in [0.2, 0.25) is 15.9 Å². The Morgan fingerprint density at radius 2 is 1.88 bits per heavy atom. The van der Waals surface area contributed by atoms with Crippen molar-refractivity contribution in [3.8, 4) is 0 Å². The number of esters is 1. The van der Waals surface area contributed by atoms with Crippen molar-refractivity contribution in [2.45, 2.75) is 31.6 Å². The van der Waals surface area contributed by atoms with Gasteiger partial charge >= 0.3 is 11.7 Å². The van der Waals surface area contributed by atoms with E-state index in [1.54, 1.807) is 25.1 Å². The van der Waals surface area contributed by atoms with Crippen LogP contribution in [-0.2, 0) is 19.6 Å². The van der Waals surface area contributed by atoms with Crippen molar-refractivity contribution in [1.82, 2.24) is 14.3 Å². The summed E-state index contributed by atoms with van der Waals surface area (Å²) in [7, 11) is -4.13. The standard InChI is InChI=1S/C20H24N4O7S/c1-3-31-19(27)14-5-4-6-15(11-14)22-17(25)13-7-9-24(10-8-13)32(29,30)16-12(2)21-20(28)23-18(16)26/h4-6,11,13H,3,7-10H2,1-2H3,(H,22,25)(H2,21,23,26,28). The number of nitrogens with one attached hydrogen (secondary N) is 3. The SMILES string of the molecule is CCOC(=O)c1cccc(NC(=O)C2CCN(S(=O)(=O)c3c(C)[nH]c(=O)[nH]c3=O)CC2)c1. The number of aryl methyl sites for hydroxylation is 1. The maximum atomic E-state index is 12.9. The second-order valence-corrected chi connectivity index (χ2v) is 9.21. The smallest absolute Gasteiger partial charge is 0.338 e. The van der Waals surface area contributed by atoms with Crippen molar-refractivity contribution in [2.24, 2.45) is 5.92 Å². The number of H-pyrrole nitrogens is 2. The highest BCUT2D eigenvalue weighted by molar-refractivity contribution is 7.89. The minimum Gasteiger partial charge on any atom is -0.462 e. The molecule has 0 saturated carbocycles. The number of ether oxygens (including phenoxy) is 1. The maximum absolute atomic E-state index is 12.9. The Kier molecular flexibility index (Phi) is 6.94. The lowest BCUT2D eigenvalue weighted by atomic mass is 9.97. The normalized spacial score (nSPS) is 15.3. The maximum Gasteiger partial charge on any atom is 0.338 e. The van der Waals surface area contributed by atoms with Crippen molar-refractivity contribution in [3.63, 3.8) is 0 Å². The number of benzene rings is 1. The van der Waals surface area contributed by atoms with E-state index in [2.05, 4.69) is 10.3 Å². The fourth-order valence-corrected chi connectivity index (χ4v) is 5.24. The lowest BCUT2D eigenvalue weighted by molar-refractivity contribution is -0.120. The van der Waals surface area contributed by atoms with Crippen molar-refractivity contribution >= 4 is 27.6 Å². The number of aromatic amines is 2. The monoisotopic (exact) mass is 464 g/mol. The molecule has 1 aliphatic rings. The van der Waals surface area contributed by atoms with E-state index in [0.29, 0.717) is 11.3 Å². The topological polar surface area (TPSA) is 158 Å². The summed E-state index contributed by atoms with van der Waals surface area (Å²) in [6.45, 7) is 3.36. The number of piperidine rings is 1. The number of rotatable bonds is 6. The van der Waals surface area contributed by atoms with Crippen LogP contribution in [0.2, 0.25) is 0 Å². The third-order valence-corrected chi connectivity index (χ3v) is 7.19. The van der Waals surface area contributed by atoms with Gasteiger partial charge in [0, 0.05) is 30.4 Å². The first-order valence-corrected chi connectivity index (χ1v) is 11.5. The summed E-state index contributed by atoms with van der Waals surface area (Å²) in [6.07, 6.45) is 0.506. The highest BCUT2D eigenvalue weighted by Gasteiger charge is 2.34. The van der Waals surface area contributed by atoms with Crippen LogP contribution in [0, 0.1) is 12.8 Å². The molecule has 3 rings (SSSR count). The molecule has 0 spiro atoms. The summed E-state index contributed by atoms with van der Waals surface area (Å²) in [5, 5.41) is 2.75. The third kappa shape index (κ3) is 4.97.